The van der Waals surface area contributed by atoms with E-state index in [4.69, 9.17) is 0 Å². The van der Waals surface area contributed by atoms with Crippen LogP contribution in [0.2, 0.25) is 0 Å². The summed E-state index contributed by atoms with van der Waals surface area (Å²) in [5.41, 5.74) is 0. The van der Waals surface area contributed by atoms with Gasteiger partial charge in [-0.25, -0.2) is 0 Å². The molecule has 3 unspecified atom stereocenters. The standard InChI is InChI=1S/C14H24F3N3/c15-14(16,17)10-19-7-4-11(9-19)18-12-5-8-20-6-2-1-3-13(12)20/h11-13,18H,1-10H2. The van der Waals surface area contributed by atoms with E-state index in [1.165, 1.54) is 30.7 Å². The van der Waals surface area contributed by atoms with Crippen LogP contribution in [-0.4, -0.2) is 66.8 Å². The van der Waals surface area contributed by atoms with Gasteiger partial charge in [-0.3, -0.25) is 9.80 Å². The van der Waals surface area contributed by atoms with Crippen LogP contribution in [0.5, 0.6) is 0 Å². The van der Waals surface area contributed by atoms with Crippen molar-refractivity contribution in [2.24, 2.45) is 0 Å². The van der Waals surface area contributed by atoms with Crippen LogP contribution in [0.1, 0.15) is 32.1 Å². The molecule has 3 aliphatic rings. The number of alkyl halides is 3. The van der Waals surface area contributed by atoms with E-state index in [1.54, 1.807) is 0 Å². The molecule has 0 spiro atoms. The molecular weight excluding hydrogens is 267 g/mol. The minimum Gasteiger partial charge on any atom is -0.308 e. The molecule has 0 bridgehead atoms. The van der Waals surface area contributed by atoms with Gasteiger partial charge in [-0.05, 0) is 32.2 Å². The van der Waals surface area contributed by atoms with E-state index in [9.17, 15) is 13.2 Å². The number of fused-ring (bicyclic) bond motifs is 1. The molecule has 116 valence electrons. The van der Waals surface area contributed by atoms with Gasteiger partial charge in [0.25, 0.3) is 0 Å². The van der Waals surface area contributed by atoms with Gasteiger partial charge in [0.15, 0.2) is 0 Å². The Morgan fingerprint density at radius 1 is 1.00 bits per heavy atom. The fourth-order valence-corrected chi connectivity index (χ4v) is 4.11. The van der Waals surface area contributed by atoms with Gasteiger partial charge in [0.1, 0.15) is 0 Å². The summed E-state index contributed by atoms with van der Waals surface area (Å²) in [6.45, 7) is 2.71. The zero-order valence-electron chi connectivity index (χ0n) is 11.8. The molecule has 0 aromatic rings. The smallest absolute Gasteiger partial charge is 0.308 e. The molecule has 3 nitrogen and oxygen atoms in total. The Morgan fingerprint density at radius 2 is 1.85 bits per heavy atom. The zero-order valence-corrected chi connectivity index (χ0v) is 11.8. The van der Waals surface area contributed by atoms with Crippen LogP contribution in [0.4, 0.5) is 13.2 Å². The average Bonchev–Trinajstić information content (AvgIpc) is 2.96. The normalized spacial score (nSPS) is 36.5. The summed E-state index contributed by atoms with van der Waals surface area (Å²) in [6, 6.07) is 1.36. The van der Waals surface area contributed by atoms with Crippen LogP contribution in [-0.2, 0) is 0 Å². The monoisotopic (exact) mass is 291 g/mol. The average molecular weight is 291 g/mol. The highest BCUT2D eigenvalue weighted by Crippen LogP contribution is 2.28. The third kappa shape index (κ3) is 3.46. The molecule has 0 aromatic heterocycles. The number of likely N-dealkylation sites (tertiary alicyclic amines) is 1. The van der Waals surface area contributed by atoms with Gasteiger partial charge >= 0.3 is 6.18 Å². The van der Waals surface area contributed by atoms with E-state index in [1.807, 2.05) is 0 Å². The molecule has 0 radical (unpaired) electrons. The number of hydrogen-bond donors (Lipinski definition) is 1. The van der Waals surface area contributed by atoms with Gasteiger partial charge in [0, 0.05) is 37.8 Å². The van der Waals surface area contributed by atoms with Crippen molar-refractivity contribution in [3.05, 3.63) is 0 Å². The lowest BCUT2D eigenvalue weighted by molar-refractivity contribution is -0.143. The van der Waals surface area contributed by atoms with E-state index < -0.39 is 12.7 Å². The highest BCUT2D eigenvalue weighted by Gasteiger charge is 2.39. The Bertz CT molecular complexity index is 334. The van der Waals surface area contributed by atoms with Gasteiger partial charge in [0.2, 0.25) is 0 Å². The maximum Gasteiger partial charge on any atom is 0.401 e. The molecule has 3 rings (SSSR count). The molecular formula is C14H24F3N3. The van der Waals surface area contributed by atoms with Crippen molar-refractivity contribution in [2.75, 3.05) is 32.7 Å². The van der Waals surface area contributed by atoms with E-state index in [2.05, 4.69) is 10.2 Å². The van der Waals surface area contributed by atoms with E-state index in [-0.39, 0.29) is 6.04 Å². The topological polar surface area (TPSA) is 18.5 Å². The van der Waals surface area contributed by atoms with Gasteiger partial charge in [-0.2, -0.15) is 13.2 Å². The third-order valence-corrected chi connectivity index (χ3v) is 4.98. The highest BCUT2D eigenvalue weighted by atomic mass is 19.4. The Balaban J connectivity index is 1.47. The number of nitrogens with zero attached hydrogens (tertiary/aromatic N) is 2. The molecule has 3 heterocycles. The first-order chi connectivity index (χ1) is 9.51. The summed E-state index contributed by atoms with van der Waals surface area (Å²) in [6.07, 6.45) is 1.77. The first-order valence-electron chi connectivity index (χ1n) is 7.80. The van der Waals surface area contributed by atoms with Crippen molar-refractivity contribution in [1.29, 1.82) is 0 Å². The fraction of sp³-hybridized carbons (Fsp3) is 1.00. The summed E-state index contributed by atoms with van der Waals surface area (Å²) in [5.74, 6) is 0. The molecule has 0 amide bonds. The largest absolute Gasteiger partial charge is 0.401 e. The number of halogens is 3. The molecule has 1 N–H and O–H groups in total. The second-order valence-corrected chi connectivity index (χ2v) is 6.50. The zero-order chi connectivity index (χ0) is 14.2. The van der Waals surface area contributed by atoms with Crippen LogP contribution < -0.4 is 5.32 Å². The maximum absolute atomic E-state index is 12.4. The fourth-order valence-electron chi connectivity index (χ4n) is 4.11. The molecule has 3 aliphatic heterocycles. The second kappa shape index (κ2) is 5.81. The second-order valence-electron chi connectivity index (χ2n) is 6.50. The number of nitrogens with one attached hydrogen (secondary N) is 1. The van der Waals surface area contributed by atoms with Gasteiger partial charge in [-0.15, -0.1) is 0 Å². The lowest BCUT2D eigenvalue weighted by Crippen LogP contribution is -2.49. The van der Waals surface area contributed by atoms with Gasteiger partial charge in [-0.1, -0.05) is 6.42 Å². The Morgan fingerprint density at radius 3 is 2.65 bits per heavy atom. The van der Waals surface area contributed by atoms with Crippen LogP contribution in [0.3, 0.4) is 0 Å². The van der Waals surface area contributed by atoms with Gasteiger partial charge < -0.3 is 5.32 Å². The molecule has 6 heteroatoms. The van der Waals surface area contributed by atoms with Crippen molar-refractivity contribution in [1.82, 2.24) is 15.1 Å². The van der Waals surface area contributed by atoms with Crippen LogP contribution >= 0.6 is 0 Å². The van der Waals surface area contributed by atoms with Crippen molar-refractivity contribution < 1.29 is 13.2 Å². The number of rotatable bonds is 3. The van der Waals surface area contributed by atoms with Crippen molar-refractivity contribution in [3.63, 3.8) is 0 Å². The Labute approximate surface area is 118 Å². The number of piperidine rings is 1. The molecule has 3 saturated heterocycles. The summed E-state index contributed by atoms with van der Waals surface area (Å²) < 4.78 is 37.2. The first kappa shape index (κ1) is 14.6. The van der Waals surface area contributed by atoms with Crippen LogP contribution in [0, 0.1) is 0 Å². The molecule has 0 aromatic carbocycles. The van der Waals surface area contributed by atoms with Crippen molar-refractivity contribution >= 4 is 0 Å². The SMILES string of the molecule is FC(F)(F)CN1CCC(NC2CCN3CCCCC23)C1. The van der Waals surface area contributed by atoms with Gasteiger partial charge in [0.05, 0.1) is 6.54 Å². The minimum atomic E-state index is -4.07. The van der Waals surface area contributed by atoms with E-state index in [0.29, 0.717) is 25.2 Å². The summed E-state index contributed by atoms with van der Waals surface area (Å²) >= 11 is 0. The van der Waals surface area contributed by atoms with Crippen LogP contribution in [0.15, 0.2) is 0 Å². The summed E-state index contributed by atoms with van der Waals surface area (Å²) in [7, 11) is 0. The van der Waals surface area contributed by atoms with Crippen molar-refractivity contribution in [3.8, 4) is 0 Å². The predicted molar refractivity (Wildman–Crippen MR) is 71.7 cm³/mol. The lowest BCUT2D eigenvalue weighted by atomic mass is 9.98. The van der Waals surface area contributed by atoms with E-state index >= 15 is 0 Å². The predicted octanol–water partition coefficient (Wildman–Crippen LogP) is 1.84. The first-order valence-corrected chi connectivity index (χ1v) is 7.80. The quantitative estimate of drug-likeness (QED) is 0.856. The minimum absolute atomic E-state index is 0.240. The molecule has 0 saturated carbocycles. The summed E-state index contributed by atoms with van der Waals surface area (Å²) in [4.78, 5) is 4.09. The Kier molecular flexibility index (Phi) is 4.24. The van der Waals surface area contributed by atoms with Crippen molar-refractivity contribution in [2.45, 2.75) is 56.4 Å². The Hall–Kier alpha value is -0.330. The van der Waals surface area contributed by atoms with Crippen LogP contribution in [0.25, 0.3) is 0 Å². The lowest BCUT2D eigenvalue weighted by Gasteiger charge is -2.33. The molecule has 20 heavy (non-hydrogen) atoms. The maximum atomic E-state index is 12.4. The molecule has 0 aliphatic carbocycles. The number of hydrogen-bond acceptors (Lipinski definition) is 3. The molecule has 3 atom stereocenters. The third-order valence-electron chi connectivity index (χ3n) is 4.98. The molecule has 3 fully saturated rings. The van der Waals surface area contributed by atoms with E-state index in [0.717, 1.165) is 19.4 Å². The summed E-state index contributed by atoms with van der Waals surface area (Å²) in [5, 5.41) is 3.64. The highest BCUT2D eigenvalue weighted by molar-refractivity contribution is 4.96.